The quantitative estimate of drug-likeness (QED) is 0.583. The molecular formula is C18H21NOS2. The number of thiophene rings is 1. The topological polar surface area (TPSA) is 29.1 Å². The highest BCUT2D eigenvalue weighted by Crippen LogP contribution is 2.45. The Morgan fingerprint density at radius 2 is 2.14 bits per heavy atom. The molecule has 1 N–H and O–H groups in total. The van der Waals surface area contributed by atoms with E-state index >= 15 is 0 Å². The first-order chi connectivity index (χ1) is 10.4. The molecule has 0 unspecified atom stereocenters. The van der Waals surface area contributed by atoms with E-state index in [1.807, 2.05) is 12.1 Å². The third-order valence-corrected chi connectivity index (χ3v) is 5.98. The Bertz CT molecular complexity index is 731. The molecule has 2 aromatic rings. The fourth-order valence-electron chi connectivity index (χ4n) is 3.23. The summed E-state index contributed by atoms with van der Waals surface area (Å²) in [5.41, 5.74) is 4.55. The number of benzene rings is 1. The van der Waals surface area contributed by atoms with E-state index in [2.05, 4.69) is 43.5 Å². The number of hydrogen-bond acceptors (Lipinski definition) is 4. The lowest BCUT2D eigenvalue weighted by Gasteiger charge is -2.29. The van der Waals surface area contributed by atoms with Crippen molar-refractivity contribution in [3.8, 4) is 10.4 Å². The molecule has 1 aliphatic rings. The van der Waals surface area contributed by atoms with Gasteiger partial charge in [0.2, 0.25) is 0 Å². The van der Waals surface area contributed by atoms with Crippen LogP contribution in [-0.4, -0.2) is 5.78 Å². The Hall–Kier alpha value is -1.26. The van der Waals surface area contributed by atoms with E-state index in [9.17, 15) is 4.79 Å². The summed E-state index contributed by atoms with van der Waals surface area (Å²) in [5, 5.41) is 0. The minimum Gasteiger partial charge on any atom is -0.332 e. The van der Waals surface area contributed by atoms with Crippen molar-refractivity contribution in [3.05, 3.63) is 40.3 Å². The summed E-state index contributed by atoms with van der Waals surface area (Å²) >= 11 is 5.91. The van der Waals surface area contributed by atoms with E-state index in [0.29, 0.717) is 0 Å². The van der Waals surface area contributed by atoms with Crippen LogP contribution in [0.3, 0.4) is 0 Å². The summed E-state index contributed by atoms with van der Waals surface area (Å²) in [6.45, 7) is 6.28. The molecule has 1 aromatic carbocycles. The van der Waals surface area contributed by atoms with Crippen LogP contribution >= 0.6 is 24.2 Å². The van der Waals surface area contributed by atoms with Crippen LogP contribution in [0.2, 0.25) is 0 Å². The largest absolute Gasteiger partial charge is 0.332 e. The van der Waals surface area contributed by atoms with E-state index in [4.69, 9.17) is 0 Å². The van der Waals surface area contributed by atoms with Gasteiger partial charge in [0.25, 0.3) is 0 Å². The number of hydrogen-bond donors (Lipinski definition) is 2. The van der Waals surface area contributed by atoms with Gasteiger partial charge in [-0.25, -0.2) is 0 Å². The highest BCUT2D eigenvalue weighted by atomic mass is 32.1. The summed E-state index contributed by atoms with van der Waals surface area (Å²) in [6, 6.07) is 8.10. The van der Waals surface area contributed by atoms with Crippen LogP contribution in [-0.2, 0) is 12.8 Å². The molecule has 0 saturated carbocycles. The average molecular weight is 332 g/mol. The predicted octanol–water partition coefficient (Wildman–Crippen LogP) is 5.39. The number of rotatable bonds is 3. The van der Waals surface area contributed by atoms with Gasteiger partial charge in [-0.3, -0.25) is 4.79 Å². The van der Waals surface area contributed by atoms with Gasteiger partial charge in [-0.15, -0.1) is 11.3 Å². The van der Waals surface area contributed by atoms with Crippen molar-refractivity contribution in [1.29, 1.82) is 0 Å². The summed E-state index contributed by atoms with van der Waals surface area (Å²) < 4.78 is 2.87. The van der Waals surface area contributed by atoms with Crippen molar-refractivity contribution in [2.24, 2.45) is 5.41 Å². The highest BCUT2D eigenvalue weighted by Gasteiger charge is 2.31. The number of thiol groups is 1. The minimum atomic E-state index is 0.175. The lowest BCUT2D eigenvalue weighted by molar-refractivity contribution is 0.101. The minimum absolute atomic E-state index is 0.175. The van der Waals surface area contributed by atoms with E-state index in [0.717, 1.165) is 34.5 Å². The molecule has 0 radical (unpaired) electrons. The second-order valence-electron chi connectivity index (χ2n) is 6.80. The maximum absolute atomic E-state index is 12.3. The second-order valence-corrected chi connectivity index (χ2v) is 8.13. The van der Waals surface area contributed by atoms with Crippen LogP contribution in [0.1, 0.15) is 48.0 Å². The molecule has 0 fully saturated rings. The summed E-state index contributed by atoms with van der Waals surface area (Å²) in [6.07, 6.45) is 3.27. The molecule has 0 amide bonds. The summed E-state index contributed by atoms with van der Waals surface area (Å²) in [4.78, 5) is 14.8. The molecule has 1 heterocycles. The molecule has 0 bridgehead atoms. The predicted molar refractivity (Wildman–Crippen MR) is 98.2 cm³/mol. The third-order valence-electron chi connectivity index (χ3n) is 4.38. The number of carbonyl (C=O) groups excluding carboxylic acids is 1. The molecule has 1 aromatic heterocycles. The second kappa shape index (κ2) is 5.74. The number of Topliss-reactive ketones (excluding diaryl/α,β-unsaturated/α-hetero) is 1. The van der Waals surface area contributed by atoms with E-state index in [1.165, 1.54) is 16.9 Å². The molecule has 0 aliphatic heterocycles. The van der Waals surface area contributed by atoms with Gasteiger partial charge in [0.1, 0.15) is 0 Å². The van der Waals surface area contributed by atoms with Crippen LogP contribution in [0.15, 0.2) is 24.3 Å². The van der Waals surface area contributed by atoms with E-state index in [1.54, 1.807) is 18.3 Å². The third kappa shape index (κ3) is 2.82. The van der Waals surface area contributed by atoms with Gasteiger partial charge in [0.15, 0.2) is 5.78 Å². The first kappa shape index (κ1) is 15.6. The molecule has 1 aliphatic carbocycles. The molecule has 4 heteroatoms. The van der Waals surface area contributed by atoms with Crippen molar-refractivity contribution in [3.63, 3.8) is 0 Å². The molecule has 2 nitrogen and oxygen atoms in total. The van der Waals surface area contributed by atoms with Gasteiger partial charge in [-0.2, -0.15) is 0 Å². The molecule has 22 heavy (non-hydrogen) atoms. The van der Waals surface area contributed by atoms with E-state index < -0.39 is 0 Å². The lowest BCUT2D eigenvalue weighted by Crippen LogP contribution is -2.22. The first-order valence-electron chi connectivity index (χ1n) is 7.57. The van der Waals surface area contributed by atoms with Crippen molar-refractivity contribution in [2.75, 3.05) is 4.72 Å². The Labute approximate surface area is 141 Å². The fourth-order valence-corrected chi connectivity index (χ4v) is 4.73. The number of carbonyl (C=O) groups is 1. The zero-order chi connectivity index (χ0) is 15.9. The average Bonchev–Trinajstić information content (AvgIpc) is 2.84. The standard InChI is InChI=1S/C18H21NOS2/c1-11(20)16-14-10-18(2,3)8-7-15(14)22-17(16)12-5-4-6-13(9-12)19-21/h4-6,9,19,21H,7-8,10H2,1-3H3. The zero-order valence-corrected chi connectivity index (χ0v) is 14.9. The molecule has 0 atom stereocenters. The number of anilines is 1. The van der Waals surface area contributed by atoms with Crippen LogP contribution in [0, 0.1) is 5.41 Å². The number of ketones is 1. The summed E-state index contributed by atoms with van der Waals surface area (Å²) in [5.74, 6) is 0.175. The monoisotopic (exact) mass is 331 g/mol. The maximum Gasteiger partial charge on any atom is 0.161 e. The number of fused-ring (bicyclic) bond motifs is 1. The van der Waals surface area contributed by atoms with Crippen molar-refractivity contribution in [2.45, 2.75) is 40.0 Å². The highest BCUT2D eigenvalue weighted by molar-refractivity contribution is 7.81. The Kier molecular flexibility index (Phi) is 4.08. The molecular weight excluding hydrogens is 310 g/mol. The molecule has 0 spiro atoms. The van der Waals surface area contributed by atoms with Crippen LogP contribution in [0.4, 0.5) is 5.69 Å². The van der Waals surface area contributed by atoms with Gasteiger partial charge in [-0.1, -0.05) is 38.8 Å². The molecule has 3 rings (SSSR count). The normalized spacial score (nSPS) is 16.2. The van der Waals surface area contributed by atoms with Gasteiger partial charge in [-0.05, 0) is 54.9 Å². The van der Waals surface area contributed by atoms with Crippen molar-refractivity contribution < 1.29 is 4.79 Å². The Morgan fingerprint density at radius 1 is 1.36 bits per heavy atom. The van der Waals surface area contributed by atoms with Crippen LogP contribution in [0.25, 0.3) is 10.4 Å². The molecule has 116 valence electrons. The first-order valence-corrected chi connectivity index (χ1v) is 8.84. The van der Waals surface area contributed by atoms with E-state index in [-0.39, 0.29) is 11.2 Å². The molecule has 0 saturated heterocycles. The van der Waals surface area contributed by atoms with Gasteiger partial charge < -0.3 is 4.72 Å². The van der Waals surface area contributed by atoms with Gasteiger partial charge >= 0.3 is 0 Å². The number of aryl methyl sites for hydroxylation is 1. The van der Waals surface area contributed by atoms with Gasteiger partial charge in [0, 0.05) is 21.0 Å². The van der Waals surface area contributed by atoms with Crippen LogP contribution in [0.5, 0.6) is 0 Å². The van der Waals surface area contributed by atoms with Crippen molar-refractivity contribution in [1.82, 2.24) is 0 Å². The van der Waals surface area contributed by atoms with Crippen LogP contribution < -0.4 is 4.72 Å². The number of nitrogens with one attached hydrogen (secondary N) is 1. The maximum atomic E-state index is 12.3. The van der Waals surface area contributed by atoms with Gasteiger partial charge in [0.05, 0.1) is 0 Å². The van der Waals surface area contributed by atoms with Crippen molar-refractivity contribution >= 4 is 35.6 Å². The Morgan fingerprint density at radius 3 is 2.82 bits per heavy atom. The SMILES string of the molecule is CC(=O)c1c(-c2cccc(NS)c2)sc2c1CC(C)(C)CC2. The lowest BCUT2D eigenvalue weighted by atomic mass is 9.75. The smallest absolute Gasteiger partial charge is 0.161 e. The Balaban J connectivity index is 2.16. The zero-order valence-electron chi connectivity index (χ0n) is 13.2. The fraction of sp³-hybridized carbons (Fsp3) is 0.389. The summed E-state index contributed by atoms with van der Waals surface area (Å²) in [7, 11) is 0.